The van der Waals surface area contributed by atoms with Crippen molar-refractivity contribution in [1.29, 1.82) is 0 Å². The first kappa shape index (κ1) is 13.4. The van der Waals surface area contributed by atoms with Gasteiger partial charge in [0, 0.05) is 12.0 Å². The molecule has 0 saturated carbocycles. The first-order valence-electron chi connectivity index (χ1n) is 4.42. The SMILES string of the molecule is CCS(=O)(=O)NC(C)(C)CCC(=O)O. The molecular weight excluding hydrogens is 206 g/mol. The molecule has 0 spiro atoms. The van der Waals surface area contributed by atoms with Crippen molar-refractivity contribution in [3.8, 4) is 0 Å². The van der Waals surface area contributed by atoms with Crippen LogP contribution in [0, 0.1) is 0 Å². The molecule has 0 aliphatic rings. The number of hydrogen-bond donors (Lipinski definition) is 2. The number of sulfonamides is 1. The van der Waals surface area contributed by atoms with E-state index in [-0.39, 0.29) is 18.6 Å². The maximum atomic E-state index is 11.2. The number of nitrogens with one attached hydrogen (secondary N) is 1. The summed E-state index contributed by atoms with van der Waals surface area (Å²) in [5.41, 5.74) is -0.701. The van der Waals surface area contributed by atoms with E-state index in [2.05, 4.69) is 4.72 Å². The highest BCUT2D eigenvalue weighted by molar-refractivity contribution is 7.89. The van der Waals surface area contributed by atoms with Crippen LogP contribution in [0.5, 0.6) is 0 Å². The second-order valence-electron chi connectivity index (χ2n) is 3.78. The third kappa shape index (κ3) is 5.93. The Bertz CT molecular complexity index is 294. The van der Waals surface area contributed by atoms with Crippen molar-refractivity contribution < 1.29 is 18.3 Å². The zero-order chi connectivity index (χ0) is 11.4. The van der Waals surface area contributed by atoms with Crippen molar-refractivity contribution in [1.82, 2.24) is 4.72 Å². The Morgan fingerprint density at radius 2 is 1.93 bits per heavy atom. The molecule has 0 fully saturated rings. The summed E-state index contributed by atoms with van der Waals surface area (Å²) in [7, 11) is -3.27. The lowest BCUT2D eigenvalue weighted by molar-refractivity contribution is -0.137. The average Bonchev–Trinajstić information content (AvgIpc) is 1.99. The van der Waals surface area contributed by atoms with Crippen LogP contribution in [0.15, 0.2) is 0 Å². The van der Waals surface area contributed by atoms with Crippen LogP contribution in [-0.4, -0.2) is 30.8 Å². The highest BCUT2D eigenvalue weighted by Crippen LogP contribution is 2.12. The molecule has 0 bridgehead atoms. The lowest BCUT2D eigenvalue weighted by Crippen LogP contribution is -2.44. The predicted octanol–water partition coefficient (Wildman–Crippen LogP) is 0.569. The number of carboxylic acid groups (broad SMARTS) is 1. The first-order valence-corrected chi connectivity index (χ1v) is 6.07. The number of carboxylic acids is 1. The van der Waals surface area contributed by atoms with Crippen molar-refractivity contribution in [3.63, 3.8) is 0 Å². The third-order valence-corrected chi connectivity index (χ3v) is 3.40. The molecule has 0 aromatic heterocycles. The van der Waals surface area contributed by atoms with Gasteiger partial charge in [-0.05, 0) is 27.2 Å². The summed E-state index contributed by atoms with van der Waals surface area (Å²) in [6.45, 7) is 4.88. The molecule has 0 radical (unpaired) electrons. The van der Waals surface area contributed by atoms with Gasteiger partial charge >= 0.3 is 5.97 Å². The molecule has 14 heavy (non-hydrogen) atoms. The van der Waals surface area contributed by atoms with Gasteiger partial charge in [-0.25, -0.2) is 13.1 Å². The summed E-state index contributed by atoms with van der Waals surface area (Å²) in [6, 6.07) is 0. The Balaban J connectivity index is 4.27. The molecule has 0 aliphatic carbocycles. The number of hydrogen-bond acceptors (Lipinski definition) is 3. The number of carbonyl (C=O) groups is 1. The third-order valence-electron chi connectivity index (χ3n) is 1.78. The van der Waals surface area contributed by atoms with E-state index < -0.39 is 21.5 Å². The van der Waals surface area contributed by atoms with E-state index in [1.807, 2.05) is 0 Å². The molecule has 0 aliphatic heterocycles. The van der Waals surface area contributed by atoms with Gasteiger partial charge in [-0.2, -0.15) is 0 Å². The van der Waals surface area contributed by atoms with E-state index in [4.69, 9.17) is 5.11 Å². The van der Waals surface area contributed by atoms with E-state index in [0.29, 0.717) is 0 Å². The van der Waals surface area contributed by atoms with Crippen LogP contribution in [0.3, 0.4) is 0 Å². The number of rotatable bonds is 6. The summed E-state index contributed by atoms with van der Waals surface area (Å²) in [5, 5.41) is 8.46. The summed E-state index contributed by atoms with van der Waals surface area (Å²) in [6.07, 6.45) is 0.237. The second kappa shape index (κ2) is 4.75. The topological polar surface area (TPSA) is 83.5 Å². The van der Waals surface area contributed by atoms with E-state index in [0.717, 1.165) is 0 Å². The Morgan fingerprint density at radius 3 is 2.29 bits per heavy atom. The Hall–Kier alpha value is -0.620. The first-order chi connectivity index (χ1) is 6.18. The standard InChI is InChI=1S/C8H17NO4S/c1-4-14(12,13)9-8(2,3)6-5-7(10)11/h9H,4-6H2,1-3H3,(H,10,11). The Kier molecular flexibility index (Phi) is 4.54. The summed E-state index contributed by atoms with van der Waals surface area (Å²) in [4.78, 5) is 10.3. The molecule has 0 atom stereocenters. The van der Waals surface area contributed by atoms with E-state index >= 15 is 0 Å². The van der Waals surface area contributed by atoms with Crippen LogP contribution in [0.25, 0.3) is 0 Å². The zero-order valence-corrected chi connectivity index (χ0v) is 9.52. The van der Waals surface area contributed by atoms with Crippen LogP contribution in [-0.2, 0) is 14.8 Å². The van der Waals surface area contributed by atoms with Gasteiger partial charge in [0.25, 0.3) is 0 Å². The number of aliphatic carboxylic acids is 1. The Labute approximate surface area is 84.6 Å². The van der Waals surface area contributed by atoms with E-state index in [1.54, 1.807) is 13.8 Å². The van der Waals surface area contributed by atoms with Gasteiger partial charge in [0.15, 0.2) is 0 Å². The molecule has 5 nitrogen and oxygen atoms in total. The normalized spacial score (nSPS) is 12.8. The van der Waals surface area contributed by atoms with Gasteiger partial charge in [-0.3, -0.25) is 4.79 Å². The van der Waals surface area contributed by atoms with Crippen LogP contribution < -0.4 is 4.72 Å². The minimum Gasteiger partial charge on any atom is -0.481 e. The second-order valence-corrected chi connectivity index (χ2v) is 5.79. The van der Waals surface area contributed by atoms with Gasteiger partial charge in [0.05, 0.1) is 5.75 Å². The minimum absolute atomic E-state index is 0.00347. The quantitative estimate of drug-likeness (QED) is 0.689. The average molecular weight is 223 g/mol. The van der Waals surface area contributed by atoms with E-state index in [1.165, 1.54) is 6.92 Å². The molecule has 0 amide bonds. The highest BCUT2D eigenvalue weighted by atomic mass is 32.2. The van der Waals surface area contributed by atoms with E-state index in [9.17, 15) is 13.2 Å². The van der Waals surface area contributed by atoms with Gasteiger partial charge in [-0.15, -0.1) is 0 Å². The fourth-order valence-corrected chi connectivity index (χ4v) is 2.05. The smallest absolute Gasteiger partial charge is 0.303 e. The van der Waals surface area contributed by atoms with Gasteiger partial charge < -0.3 is 5.11 Å². The zero-order valence-electron chi connectivity index (χ0n) is 8.70. The monoisotopic (exact) mass is 223 g/mol. The maximum absolute atomic E-state index is 11.2. The molecule has 0 aromatic rings. The van der Waals surface area contributed by atoms with Crippen molar-refractivity contribution in [3.05, 3.63) is 0 Å². The molecule has 0 unspecified atom stereocenters. The summed E-state index contributed by atoms with van der Waals surface area (Å²) >= 11 is 0. The van der Waals surface area contributed by atoms with Crippen LogP contribution >= 0.6 is 0 Å². The van der Waals surface area contributed by atoms with Crippen molar-refractivity contribution in [2.24, 2.45) is 0 Å². The highest BCUT2D eigenvalue weighted by Gasteiger charge is 2.24. The summed E-state index contributed by atoms with van der Waals surface area (Å²) in [5.74, 6) is -0.919. The van der Waals surface area contributed by atoms with Gasteiger partial charge in [0.2, 0.25) is 10.0 Å². The summed E-state index contributed by atoms with van der Waals surface area (Å²) < 4.78 is 24.8. The molecule has 0 aromatic carbocycles. The van der Waals surface area contributed by atoms with Crippen LogP contribution in [0.2, 0.25) is 0 Å². The molecule has 84 valence electrons. The Morgan fingerprint density at radius 1 is 1.43 bits per heavy atom. The van der Waals surface area contributed by atoms with Crippen molar-refractivity contribution in [2.45, 2.75) is 39.2 Å². The lowest BCUT2D eigenvalue weighted by atomic mass is 10.0. The molecule has 0 heterocycles. The fourth-order valence-electron chi connectivity index (χ4n) is 0.964. The molecule has 2 N–H and O–H groups in total. The minimum atomic E-state index is -3.27. The molecule has 0 saturated heterocycles. The molecule has 6 heteroatoms. The predicted molar refractivity (Wildman–Crippen MR) is 53.5 cm³/mol. The molecule has 0 rings (SSSR count). The van der Waals surface area contributed by atoms with Crippen molar-refractivity contribution >= 4 is 16.0 Å². The molecular formula is C8H17NO4S. The van der Waals surface area contributed by atoms with Gasteiger partial charge in [-0.1, -0.05) is 0 Å². The van der Waals surface area contributed by atoms with Crippen LogP contribution in [0.1, 0.15) is 33.6 Å². The maximum Gasteiger partial charge on any atom is 0.303 e. The van der Waals surface area contributed by atoms with Crippen molar-refractivity contribution in [2.75, 3.05) is 5.75 Å². The van der Waals surface area contributed by atoms with Gasteiger partial charge in [0.1, 0.15) is 0 Å². The lowest BCUT2D eigenvalue weighted by Gasteiger charge is -2.24. The largest absolute Gasteiger partial charge is 0.481 e. The van der Waals surface area contributed by atoms with Crippen LogP contribution in [0.4, 0.5) is 0 Å². The fraction of sp³-hybridized carbons (Fsp3) is 0.875.